The molecule has 0 fully saturated rings. The van der Waals surface area contributed by atoms with Crippen molar-refractivity contribution in [1.29, 1.82) is 0 Å². The molecule has 0 spiro atoms. The Morgan fingerprint density at radius 1 is 1.25 bits per heavy atom. The fourth-order valence-electron chi connectivity index (χ4n) is 2.11. The van der Waals surface area contributed by atoms with Crippen LogP contribution in [-0.2, 0) is 14.3 Å². The van der Waals surface area contributed by atoms with Gasteiger partial charge in [-0.15, -0.1) is 10.2 Å². The highest BCUT2D eigenvalue weighted by Gasteiger charge is 2.24. The van der Waals surface area contributed by atoms with Crippen molar-refractivity contribution >= 4 is 17.6 Å². The number of esters is 1. The van der Waals surface area contributed by atoms with Gasteiger partial charge in [0.1, 0.15) is 5.71 Å². The highest BCUT2D eigenvalue weighted by molar-refractivity contribution is 6.37. The summed E-state index contributed by atoms with van der Waals surface area (Å²) in [5.74, 6) is -0.286. The Labute approximate surface area is 137 Å². The first-order valence-corrected chi connectivity index (χ1v) is 7.50. The van der Waals surface area contributed by atoms with Crippen LogP contribution < -0.4 is 5.43 Å². The zero-order chi connectivity index (χ0) is 17.1. The first-order chi connectivity index (χ1) is 11.5. The molecule has 3 rings (SSSR count). The first-order valence-electron chi connectivity index (χ1n) is 7.50. The number of carbonyl (C=O) groups excluding carboxylic acids is 2. The van der Waals surface area contributed by atoms with Gasteiger partial charge in [0, 0.05) is 18.4 Å². The summed E-state index contributed by atoms with van der Waals surface area (Å²) in [5.41, 5.74) is 4.33. The minimum absolute atomic E-state index is 0.166. The standard InChI is InChI=1S/C16H16N4O4/c1-9-3-5-11(6-4-9)15-20-19-14(24-15)10(2)23-16(22)12-7-8-13(21)18-17-12/h3-6,10H,7-8H2,1-2H3,(H,18,21)/t10-/m0/s1. The highest BCUT2D eigenvalue weighted by atomic mass is 16.6. The third-order valence-corrected chi connectivity index (χ3v) is 3.51. The number of hydrogen-bond donors (Lipinski definition) is 1. The molecule has 2 heterocycles. The van der Waals surface area contributed by atoms with Crippen LogP contribution in [0.3, 0.4) is 0 Å². The number of amides is 1. The van der Waals surface area contributed by atoms with Gasteiger partial charge in [-0.3, -0.25) is 4.79 Å². The third kappa shape index (κ3) is 3.48. The van der Waals surface area contributed by atoms with Gasteiger partial charge >= 0.3 is 5.97 Å². The molecule has 1 aliphatic rings. The lowest BCUT2D eigenvalue weighted by Gasteiger charge is -2.13. The van der Waals surface area contributed by atoms with E-state index in [-0.39, 0.29) is 30.4 Å². The second-order valence-corrected chi connectivity index (χ2v) is 5.45. The average molecular weight is 328 g/mol. The predicted octanol–water partition coefficient (Wildman–Crippen LogP) is 1.92. The van der Waals surface area contributed by atoms with Crippen molar-refractivity contribution in [2.24, 2.45) is 5.10 Å². The quantitative estimate of drug-likeness (QED) is 0.859. The van der Waals surface area contributed by atoms with Gasteiger partial charge in [0.25, 0.3) is 5.89 Å². The number of nitrogens with zero attached hydrogens (tertiary/aromatic N) is 3. The SMILES string of the molecule is Cc1ccc(-c2nnc([C@H](C)OC(=O)C3=NNC(=O)CC3)o2)cc1. The molecular formula is C16H16N4O4. The van der Waals surface area contributed by atoms with E-state index in [1.807, 2.05) is 31.2 Å². The molecule has 0 saturated carbocycles. The van der Waals surface area contributed by atoms with E-state index in [2.05, 4.69) is 20.7 Å². The molecule has 1 aromatic carbocycles. The van der Waals surface area contributed by atoms with Crippen LogP contribution in [0.2, 0.25) is 0 Å². The average Bonchev–Trinajstić information content (AvgIpc) is 3.06. The van der Waals surface area contributed by atoms with Gasteiger partial charge in [0.2, 0.25) is 11.8 Å². The first kappa shape index (κ1) is 15.9. The van der Waals surface area contributed by atoms with E-state index in [1.54, 1.807) is 6.92 Å². The second-order valence-electron chi connectivity index (χ2n) is 5.45. The molecule has 8 nitrogen and oxygen atoms in total. The number of ether oxygens (including phenoxy) is 1. The van der Waals surface area contributed by atoms with Gasteiger partial charge in [0.05, 0.1) is 0 Å². The molecule has 1 aromatic heterocycles. The molecule has 8 heteroatoms. The van der Waals surface area contributed by atoms with Crippen LogP contribution in [0.4, 0.5) is 0 Å². The summed E-state index contributed by atoms with van der Waals surface area (Å²) in [7, 11) is 0. The van der Waals surface area contributed by atoms with E-state index in [1.165, 1.54) is 0 Å². The van der Waals surface area contributed by atoms with Crippen LogP contribution in [0.25, 0.3) is 11.5 Å². The fraction of sp³-hybridized carbons (Fsp3) is 0.312. The van der Waals surface area contributed by atoms with Crippen molar-refractivity contribution in [3.8, 4) is 11.5 Å². The van der Waals surface area contributed by atoms with Gasteiger partial charge in [-0.1, -0.05) is 17.7 Å². The van der Waals surface area contributed by atoms with Crippen LogP contribution in [0.1, 0.15) is 37.3 Å². The lowest BCUT2D eigenvalue weighted by molar-refractivity contribution is -0.141. The Balaban J connectivity index is 1.67. The smallest absolute Gasteiger partial charge is 0.355 e. The lowest BCUT2D eigenvalue weighted by atomic mass is 10.1. The van der Waals surface area contributed by atoms with Crippen LogP contribution in [0.15, 0.2) is 33.8 Å². The van der Waals surface area contributed by atoms with Crippen molar-refractivity contribution in [3.05, 3.63) is 35.7 Å². The van der Waals surface area contributed by atoms with Gasteiger partial charge in [-0.25, -0.2) is 10.2 Å². The van der Waals surface area contributed by atoms with Gasteiger partial charge in [-0.2, -0.15) is 5.10 Å². The summed E-state index contributed by atoms with van der Waals surface area (Å²) in [4.78, 5) is 23.0. The van der Waals surface area contributed by atoms with E-state index < -0.39 is 12.1 Å². The number of nitrogens with one attached hydrogen (secondary N) is 1. The fourth-order valence-corrected chi connectivity index (χ4v) is 2.11. The molecular weight excluding hydrogens is 312 g/mol. The normalized spacial score (nSPS) is 15.4. The van der Waals surface area contributed by atoms with E-state index in [0.717, 1.165) is 11.1 Å². The molecule has 1 amide bonds. The number of hydrazone groups is 1. The number of aryl methyl sites for hydroxylation is 1. The monoisotopic (exact) mass is 328 g/mol. The van der Waals surface area contributed by atoms with Crippen LogP contribution in [0, 0.1) is 6.92 Å². The maximum absolute atomic E-state index is 12.0. The molecule has 1 aliphatic heterocycles. The summed E-state index contributed by atoms with van der Waals surface area (Å²) in [6.45, 7) is 3.62. The van der Waals surface area contributed by atoms with Crippen molar-refractivity contribution in [1.82, 2.24) is 15.6 Å². The summed E-state index contributed by atoms with van der Waals surface area (Å²) in [6, 6.07) is 7.64. The topological polar surface area (TPSA) is 107 Å². The molecule has 24 heavy (non-hydrogen) atoms. The van der Waals surface area contributed by atoms with E-state index in [0.29, 0.717) is 5.89 Å². The number of rotatable bonds is 4. The van der Waals surface area contributed by atoms with Crippen LogP contribution >= 0.6 is 0 Å². The van der Waals surface area contributed by atoms with Crippen LogP contribution in [0.5, 0.6) is 0 Å². The van der Waals surface area contributed by atoms with Gasteiger partial charge in [0.15, 0.2) is 6.10 Å². The Morgan fingerprint density at radius 3 is 2.67 bits per heavy atom. The predicted molar refractivity (Wildman–Crippen MR) is 83.8 cm³/mol. The van der Waals surface area contributed by atoms with Crippen molar-refractivity contribution in [2.75, 3.05) is 0 Å². The molecule has 1 N–H and O–H groups in total. The molecule has 2 aromatic rings. The molecule has 1 atom stereocenters. The van der Waals surface area contributed by atoms with E-state index in [4.69, 9.17) is 9.15 Å². The van der Waals surface area contributed by atoms with Crippen molar-refractivity contribution in [2.45, 2.75) is 32.8 Å². The third-order valence-electron chi connectivity index (χ3n) is 3.51. The zero-order valence-corrected chi connectivity index (χ0v) is 13.3. The summed E-state index contributed by atoms with van der Waals surface area (Å²) in [5, 5.41) is 11.6. The maximum Gasteiger partial charge on any atom is 0.355 e. The van der Waals surface area contributed by atoms with Gasteiger partial charge < -0.3 is 9.15 Å². The number of carbonyl (C=O) groups is 2. The minimum atomic E-state index is -0.718. The summed E-state index contributed by atoms with van der Waals surface area (Å²) >= 11 is 0. The Bertz CT molecular complexity index is 795. The molecule has 124 valence electrons. The molecule has 0 aliphatic carbocycles. The number of hydrogen-bond acceptors (Lipinski definition) is 7. The molecule has 0 radical (unpaired) electrons. The summed E-state index contributed by atoms with van der Waals surface area (Å²) < 4.78 is 10.8. The van der Waals surface area contributed by atoms with Gasteiger partial charge in [-0.05, 0) is 26.0 Å². The number of benzene rings is 1. The molecule has 0 bridgehead atoms. The highest BCUT2D eigenvalue weighted by Crippen LogP contribution is 2.23. The summed E-state index contributed by atoms with van der Waals surface area (Å²) in [6.07, 6.45) is -0.263. The molecule has 0 unspecified atom stereocenters. The Morgan fingerprint density at radius 2 is 2.00 bits per heavy atom. The maximum atomic E-state index is 12.0. The Hall–Kier alpha value is -3.03. The zero-order valence-electron chi connectivity index (χ0n) is 13.3. The number of aromatic nitrogens is 2. The Kier molecular flexibility index (Phi) is 4.37. The van der Waals surface area contributed by atoms with E-state index in [9.17, 15) is 9.59 Å². The van der Waals surface area contributed by atoms with Crippen LogP contribution in [-0.4, -0.2) is 27.8 Å². The lowest BCUT2D eigenvalue weighted by Crippen LogP contribution is -2.31. The largest absolute Gasteiger partial charge is 0.448 e. The minimum Gasteiger partial charge on any atom is -0.448 e. The molecule has 0 saturated heterocycles. The second kappa shape index (κ2) is 6.61. The van der Waals surface area contributed by atoms with E-state index >= 15 is 0 Å². The van der Waals surface area contributed by atoms with Crippen molar-refractivity contribution in [3.63, 3.8) is 0 Å². The van der Waals surface area contributed by atoms with Crippen molar-refractivity contribution < 1.29 is 18.7 Å².